The zero-order valence-electron chi connectivity index (χ0n) is 9.27. The Bertz CT molecular complexity index is 402. The van der Waals surface area contributed by atoms with Gasteiger partial charge in [-0.3, -0.25) is 10.1 Å². The predicted octanol–water partition coefficient (Wildman–Crippen LogP) is 2.51. The molecular formula is C11H15N3O2. The first-order chi connectivity index (χ1) is 7.66. The lowest BCUT2D eigenvalue weighted by molar-refractivity contribution is -0.385. The van der Waals surface area contributed by atoms with Crippen molar-refractivity contribution in [3.63, 3.8) is 0 Å². The van der Waals surface area contributed by atoms with Crippen LogP contribution in [0.25, 0.3) is 0 Å². The first-order valence-electron chi connectivity index (χ1n) is 5.51. The number of nitrogens with one attached hydrogen (secondary N) is 1. The summed E-state index contributed by atoms with van der Waals surface area (Å²) >= 11 is 0. The van der Waals surface area contributed by atoms with Gasteiger partial charge in [-0.15, -0.1) is 0 Å². The quantitative estimate of drug-likeness (QED) is 0.626. The molecule has 0 unspecified atom stereocenters. The molecule has 0 saturated heterocycles. The molecular weight excluding hydrogens is 206 g/mol. The molecule has 2 rings (SSSR count). The highest BCUT2D eigenvalue weighted by molar-refractivity contribution is 5.48. The van der Waals surface area contributed by atoms with Gasteiger partial charge in [0.25, 0.3) is 5.69 Å². The molecule has 16 heavy (non-hydrogen) atoms. The van der Waals surface area contributed by atoms with Gasteiger partial charge in [0.15, 0.2) is 0 Å². The minimum Gasteiger partial charge on any atom is -0.370 e. The summed E-state index contributed by atoms with van der Waals surface area (Å²) in [5.41, 5.74) is 0.727. The van der Waals surface area contributed by atoms with Crippen LogP contribution in [0.3, 0.4) is 0 Å². The fourth-order valence-corrected chi connectivity index (χ4v) is 1.75. The van der Waals surface area contributed by atoms with E-state index in [1.165, 1.54) is 25.3 Å². The number of aromatic nitrogens is 1. The molecule has 1 saturated carbocycles. The minimum absolute atomic E-state index is 0.131. The Morgan fingerprint density at radius 2 is 2.38 bits per heavy atom. The van der Waals surface area contributed by atoms with E-state index >= 15 is 0 Å². The minimum atomic E-state index is -0.370. The lowest BCUT2D eigenvalue weighted by Crippen LogP contribution is -2.21. The SMILES string of the molecule is Cc1cnc(NCC2CCC2)cc1[N+](=O)[O-]. The van der Waals surface area contributed by atoms with Gasteiger partial charge in [0.1, 0.15) is 5.82 Å². The summed E-state index contributed by atoms with van der Waals surface area (Å²) in [6.07, 6.45) is 5.34. The zero-order valence-corrected chi connectivity index (χ0v) is 9.27. The lowest BCUT2D eigenvalue weighted by atomic mass is 9.85. The highest BCUT2D eigenvalue weighted by Gasteiger charge is 2.18. The molecule has 0 bridgehead atoms. The Hall–Kier alpha value is -1.65. The summed E-state index contributed by atoms with van der Waals surface area (Å²) in [6.45, 7) is 2.56. The lowest BCUT2D eigenvalue weighted by Gasteiger charge is -2.25. The molecule has 0 amide bonds. The molecule has 5 heteroatoms. The van der Waals surface area contributed by atoms with Crippen molar-refractivity contribution in [2.75, 3.05) is 11.9 Å². The molecule has 0 atom stereocenters. The van der Waals surface area contributed by atoms with Gasteiger partial charge in [-0.2, -0.15) is 0 Å². The maximum atomic E-state index is 10.7. The maximum Gasteiger partial charge on any atom is 0.277 e. The van der Waals surface area contributed by atoms with Crippen LogP contribution < -0.4 is 5.32 Å². The molecule has 1 aliphatic rings. The highest BCUT2D eigenvalue weighted by Crippen LogP contribution is 2.27. The van der Waals surface area contributed by atoms with Crippen LogP contribution in [0.5, 0.6) is 0 Å². The highest BCUT2D eigenvalue weighted by atomic mass is 16.6. The summed E-state index contributed by atoms with van der Waals surface area (Å²) in [6, 6.07) is 1.51. The van der Waals surface area contributed by atoms with Gasteiger partial charge in [-0.05, 0) is 25.7 Å². The number of nitro groups is 1. The topological polar surface area (TPSA) is 68.1 Å². The van der Waals surface area contributed by atoms with E-state index in [1.54, 1.807) is 13.1 Å². The average Bonchev–Trinajstić information content (AvgIpc) is 2.17. The summed E-state index contributed by atoms with van der Waals surface area (Å²) in [5.74, 6) is 1.31. The van der Waals surface area contributed by atoms with Crippen molar-refractivity contribution in [3.05, 3.63) is 27.9 Å². The van der Waals surface area contributed by atoms with Crippen LogP contribution in [0.2, 0.25) is 0 Å². The van der Waals surface area contributed by atoms with Crippen LogP contribution in [0, 0.1) is 23.0 Å². The van der Waals surface area contributed by atoms with Crippen molar-refractivity contribution in [2.45, 2.75) is 26.2 Å². The van der Waals surface area contributed by atoms with Crippen LogP contribution in [-0.2, 0) is 0 Å². The molecule has 1 fully saturated rings. The van der Waals surface area contributed by atoms with Crippen LogP contribution >= 0.6 is 0 Å². The second-order valence-corrected chi connectivity index (χ2v) is 4.29. The molecule has 1 aliphatic carbocycles. The molecule has 86 valence electrons. The monoisotopic (exact) mass is 221 g/mol. The van der Waals surface area contributed by atoms with Gasteiger partial charge in [-0.25, -0.2) is 4.98 Å². The predicted molar refractivity (Wildman–Crippen MR) is 61.5 cm³/mol. The summed E-state index contributed by atoms with van der Waals surface area (Å²) in [4.78, 5) is 14.5. The van der Waals surface area contributed by atoms with Crippen molar-refractivity contribution in [2.24, 2.45) is 5.92 Å². The Kier molecular flexibility index (Phi) is 3.03. The van der Waals surface area contributed by atoms with Gasteiger partial charge < -0.3 is 5.32 Å². The standard InChI is InChI=1S/C11H15N3O2/c1-8-6-12-11(5-10(8)14(15)16)13-7-9-3-2-4-9/h5-6,9H,2-4,7H2,1H3,(H,12,13). The third-order valence-electron chi connectivity index (χ3n) is 3.07. The first-order valence-corrected chi connectivity index (χ1v) is 5.51. The van der Waals surface area contributed by atoms with E-state index in [0.717, 1.165) is 6.54 Å². The van der Waals surface area contributed by atoms with Gasteiger partial charge in [0.05, 0.1) is 11.0 Å². The third-order valence-corrected chi connectivity index (χ3v) is 3.07. The van der Waals surface area contributed by atoms with Gasteiger partial charge in [0, 0.05) is 18.3 Å². The maximum absolute atomic E-state index is 10.7. The second kappa shape index (κ2) is 4.47. The zero-order chi connectivity index (χ0) is 11.5. The fraction of sp³-hybridized carbons (Fsp3) is 0.545. The number of hydrogen-bond donors (Lipinski definition) is 1. The summed E-state index contributed by atoms with van der Waals surface area (Å²) in [7, 11) is 0. The first kappa shape index (κ1) is 10.9. The van der Waals surface area contributed by atoms with E-state index in [4.69, 9.17) is 0 Å². The van der Waals surface area contributed by atoms with E-state index in [-0.39, 0.29) is 10.6 Å². The van der Waals surface area contributed by atoms with Crippen molar-refractivity contribution in [1.29, 1.82) is 0 Å². The number of nitrogens with zero attached hydrogens (tertiary/aromatic N) is 2. The van der Waals surface area contributed by atoms with Gasteiger partial charge >= 0.3 is 0 Å². The smallest absolute Gasteiger partial charge is 0.277 e. The molecule has 1 aromatic heterocycles. The number of aryl methyl sites for hydroxylation is 1. The van der Waals surface area contributed by atoms with Crippen molar-refractivity contribution < 1.29 is 4.92 Å². The Morgan fingerprint density at radius 1 is 1.62 bits per heavy atom. The van der Waals surface area contributed by atoms with Gasteiger partial charge in [-0.1, -0.05) is 6.42 Å². The number of hydrogen-bond acceptors (Lipinski definition) is 4. The molecule has 1 N–H and O–H groups in total. The Morgan fingerprint density at radius 3 is 2.94 bits per heavy atom. The summed E-state index contributed by atoms with van der Waals surface area (Å²) in [5, 5.41) is 13.9. The van der Waals surface area contributed by atoms with Crippen LogP contribution in [0.1, 0.15) is 24.8 Å². The van der Waals surface area contributed by atoms with E-state index in [9.17, 15) is 10.1 Å². The second-order valence-electron chi connectivity index (χ2n) is 4.29. The van der Waals surface area contributed by atoms with Crippen molar-refractivity contribution >= 4 is 11.5 Å². The Balaban J connectivity index is 2.03. The average molecular weight is 221 g/mol. The summed E-state index contributed by atoms with van der Waals surface area (Å²) < 4.78 is 0. The number of rotatable bonds is 4. The van der Waals surface area contributed by atoms with Crippen molar-refractivity contribution in [3.8, 4) is 0 Å². The van der Waals surface area contributed by atoms with Crippen LogP contribution in [0.4, 0.5) is 11.5 Å². The largest absolute Gasteiger partial charge is 0.370 e. The van der Waals surface area contributed by atoms with Gasteiger partial charge in [0.2, 0.25) is 0 Å². The van der Waals surface area contributed by atoms with Crippen molar-refractivity contribution in [1.82, 2.24) is 4.98 Å². The fourth-order valence-electron chi connectivity index (χ4n) is 1.75. The molecule has 0 aromatic carbocycles. The van der Waals surface area contributed by atoms with Crippen LogP contribution in [-0.4, -0.2) is 16.5 Å². The molecule has 1 aromatic rings. The molecule has 1 heterocycles. The number of pyridine rings is 1. The molecule has 0 aliphatic heterocycles. The molecule has 0 radical (unpaired) electrons. The normalized spacial score (nSPS) is 15.6. The van der Waals surface area contributed by atoms with E-state index in [2.05, 4.69) is 10.3 Å². The number of anilines is 1. The van der Waals surface area contributed by atoms with E-state index in [0.29, 0.717) is 17.3 Å². The van der Waals surface area contributed by atoms with Crippen LogP contribution in [0.15, 0.2) is 12.3 Å². The molecule has 0 spiro atoms. The van der Waals surface area contributed by atoms with E-state index < -0.39 is 0 Å². The Labute approximate surface area is 94.0 Å². The third kappa shape index (κ3) is 2.29. The molecule has 5 nitrogen and oxygen atoms in total. The van der Waals surface area contributed by atoms with E-state index in [1.807, 2.05) is 0 Å².